The van der Waals surface area contributed by atoms with E-state index in [-0.39, 0.29) is 17.1 Å². The third-order valence-corrected chi connectivity index (χ3v) is 2.94. The molecule has 21 heavy (non-hydrogen) atoms. The lowest BCUT2D eigenvalue weighted by Gasteiger charge is -2.05. The van der Waals surface area contributed by atoms with Crippen molar-refractivity contribution in [2.45, 2.75) is 26.2 Å². The Morgan fingerprint density at radius 2 is 2.05 bits per heavy atom. The van der Waals surface area contributed by atoms with Crippen molar-refractivity contribution in [2.24, 2.45) is 5.73 Å². The van der Waals surface area contributed by atoms with Gasteiger partial charge in [0.25, 0.3) is 5.91 Å². The van der Waals surface area contributed by atoms with Crippen molar-refractivity contribution in [2.75, 3.05) is 0 Å². The third-order valence-electron chi connectivity index (χ3n) is 2.94. The average Bonchev–Trinajstić information content (AvgIpc) is 2.44. The quantitative estimate of drug-likeness (QED) is 0.515. The molecule has 0 saturated carbocycles. The van der Waals surface area contributed by atoms with Crippen LogP contribution >= 0.6 is 0 Å². The van der Waals surface area contributed by atoms with Crippen LogP contribution in [0.15, 0.2) is 33.5 Å². The molecule has 1 heterocycles. The van der Waals surface area contributed by atoms with E-state index in [0.717, 1.165) is 12.8 Å². The molecule has 0 fully saturated rings. The number of primary amides is 1. The van der Waals surface area contributed by atoms with Gasteiger partial charge in [-0.3, -0.25) is 9.59 Å². The van der Waals surface area contributed by atoms with Gasteiger partial charge < -0.3 is 14.9 Å². The number of hydrogen-bond donors (Lipinski definition) is 1. The Hall–Kier alpha value is -2.63. The second-order valence-electron chi connectivity index (χ2n) is 4.59. The molecule has 1 aromatic carbocycles. The maximum absolute atomic E-state index is 11.6. The van der Waals surface area contributed by atoms with Crippen LogP contribution in [-0.2, 0) is 4.79 Å². The molecular formula is C15H15NO5. The van der Waals surface area contributed by atoms with Crippen molar-refractivity contribution in [1.82, 2.24) is 0 Å². The highest BCUT2D eigenvalue weighted by Crippen LogP contribution is 2.21. The number of hydrogen-bond acceptors (Lipinski definition) is 5. The standard InChI is InChI=1S/C15H15NO5/c1-2-3-4-13(17)20-10-6-5-9-7-11(14(16)18)15(19)21-12(9)8-10/h5-8H,2-4H2,1H3,(H2,16,18). The van der Waals surface area contributed by atoms with Gasteiger partial charge in [-0.1, -0.05) is 13.3 Å². The highest BCUT2D eigenvalue weighted by molar-refractivity contribution is 5.95. The zero-order valence-corrected chi connectivity index (χ0v) is 11.5. The van der Waals surface area contributed by atoms with Crippen molar-refractivity contribution in [3.63, 3.8) is 0 Å². The molecule has 0 bridgehead atoms. The second kappa shape index (κ2) is 6.21. The van der Waals surface area contributed by atoms with Crippen molar-refractivity contribution in [3.8, 4) is 5.75 Å². The predicted octanol–water partition coefficient (Wildman–Crippen LogP) is 1.99. The van der Waals surface area contributed by atoms with Gasteiger partial charge in [-0.15, -0.1) is 0 Å². The Labute approximate surface area is 120 Å². The molecule has 2 aromatic rings. The lowest BCUT2D eigenvalue weighted by molar-refractivity contribution is -0.134. The van der Waals surface area contributed by atoms with Crippen LogP contribution in [0.25, 0.3) is 11.0 Å². The summed E-state index contributed by atoms with van der Waals surface area (Å²) in [5, 5.41) is 0.525. The Morgan fingerprint density at radius 3 is 2.71 bits per heavy atom. The first-order chi connectivity index (χ1) is 10.0. The van der Waals surface area contributed by atoms with E-state index in [1.54, 1.807) is 12.1 Å². The summed E-state index contributed by atoms with van der Waals surface area (Å²) in [6, 6.07) is 5.95. The first-order valence-electron chi connectivity index (χ1n) is 6.59. The number of carbonyl (C=O) groups excluding carboxylic acids is 2. The minimum Gasteiger partial charge on any atom is -0.426 e. The molecule has 6 nitrogen and oxygen atoms in total. The SMILES string of the molecule is CCCCC(=O)Oc1ccc2cc(C(N)=O)c(=O)oc2c1. The van der Waals surface area contributed by atoms with Crippen LogP contribution in [0.1, 0.15) is 36.5 Å². The van der Waals surface area contributed by atoms with E-state index in [1.165, 1.54) is 12.1 Å². The van der Waals surface area contributed by atoms with E-state index in [9.17, 15) is 14.4 Å². The largest absolute Gasteiger partial charge is 0.426 e. The Kier molecular flexibility index (Phi) is 4.37. The van der Waals surface area contributed by atoms with Gasteiger partial charge in [0.05, 0.1) is 0 Å². The minimum absolute atomic E-state index is 0.213. The molecule has 0 unspecified atom stereocenters. The van der Waals surface area contributed by atoms with Crippen LogP contribution in [-0.4, -0.2) is 11.9 Å². The molecule has 0 aliphatic heterocycles. The molecule has 0 atom stereocenters. The number of amides is 1. The van der Waals surface area contributed by atoms with Crippen molar-refractivity contribution in [3.05, 3.63) is 40.2 Å². The monoisotopic (exact) mass is 289 g/mol. The molecule has 0 saturated heterocycles. The van der Waals surface area contributed by atoms with Crippen molar-refractivity contribution >= 4 is 22.8 Å². The number of fused-ring (bicyclic) bond motifs is 1. The fourth-order valence-corrected chi connectivity index (χ4v) is 1.83. The summed E-state index contributed by atoms with van der Waals surface area (Å²) in [5.41, 5.74) is 4.28. The van der Waals surface area contributed by atoms with Crippen LogP contribution in [0.2, 0.25) is 0 Å². The second-order valence-corrected chi connectivity index (χ2v) is 4.59. The molecule has 1 aromatic heterocycles. The molecule has 1 amide bonds. The minimum atomic E-state index is -0.847. The van der Waals surface area contributed by atoms with E-state index in [0.29, 0.717) is 17.6 Å². The van der Waals surface area contributed by atoms with Crippen LogP contribution in [0.3, 0.4) is 0 Å². The van der Waals surface area contributed by atoms with Gasteiger partial charge in [0.15, 0.2) is 0 Å². The molecule has 0 aliphatic rings. The van der Waals surface area contributed by atoms with Gasteiger partial charge in [0.2, 0.25) is 0 Å². The fourth-order valence-electron chi connectivity index (χ4n) is 1.83. The fraction of sp³-hybridized carbons (Fsp3) is 0.267. The summed E-state index contributed by atoms with van der Waals surface area (Å²) >= 11 is 0. The summed E-state index contributed by atoms with van der Waals surface area (Å²) in [7, 11) is 0. The van der Waals surface area contributed by atoms with Gasteiger partial charge in [-0.05, 0) is 24.6 Å². The molecule has 0 radical (unpaired) electrons. The van der Waals surface area contributed by atoms with Gasteiger partial charge in [-0.2, -0.15) is 0 Å². The molecule has 2 N–H and O–H groups in total. The number of benzene rings is 1. The van der Waals surface area contributed by atoms with E-state index < -0.39 is 11.5 Å². The zero-order valence-electron chi connectivity index (χ0n) is 11.5. The van der Waals surface area contributed by atoms with Gasteiger partial charge in [0.1, 0.15) is 16.9 Å². The number of ether oxygens (including phenoxy) is 1. The summed E-state index contributed by atoms with van der Waals surface area (Å²) in [5.74, 6) is -0.897. The number of esters is 1. The maximum atomic E-state index is 11.6. The van der Waals surface area contributed by atoms with Crippen LogP contribution < -0.4 is 16.1 Å². The van der Waals surface area contributed by atoms with Crippen LogP contribution in [0.4, 0.5) is 0 Å². The van der Waals surface area contributed by atoms with Crippen molar-refractivity contribution in [1.29, 1.82) is 0 Å². The summed E-state index contributed by atoms with van der Waals surface area (Å²) < 4.78 is 10.2. The zero-order chi connectivity index (χ0) is 15.4. The van der Waals surface area contributed by atoms with Gasteiger partial charge in [-0.25, -0.2) is 4.79 Å². The molecule has 2 rings (SSSR count). The highest BCUT2D eigenvalue weighted by atomic mass is 16.5. The number of rotatable bonds is 5. The van der Waals surface area contributed by atoms with E-state index in [4.69, 9.17) is 14.9 Å². The Morgan fingerprint density at radius 1 is 1.29 bits per heavy atom. The molecular weight excluding hydrogens is 274 g/mol. The molecule has 0 aliphatic carbocycles. The third kappa shape index (κ3) is 3.47. The lowest BCUT2D eigenvalue weighted by atomic mass is 10.1. The lowest BCUT2D eigenvalue weighted by Crippen LogP contribution is -2.20. The molecule has 0 spiro atoms. The predicted molar refractivity (Wildman–Crippen MR) is 76.2 cm³/mol. The van der Waals surface area contributed by atoms with E-state index >= 15 is 0 Å². The molecule has 6 heteroatoms. The smallest absolute Gasteiger partial charge is 0.349 e. The summed E-state index contributed by atoms with van der Waals surface area (Å²) in [6.45, 7) is 1.98. The van der Waals surface area contributed by atoms with E-state index in [2.05, 4.69) is 0 Å². The topological polar surface area (TPSA) is 99.6 Å². The Balaban J connectivity index is 2.30. The number of carbonyl (C=O) groups is 2. The van der Waals surface area contributed by atoms with Gasteiger partial charge >= 0.3 is 11.6 Å². The van der Waals surface area contributed by atoms with Gasteiger partial charge in [0, 0.05) is 17.9 Å². The number of unbranched alkanes of at least 4 members (excludes halogenated alkanes) is 1. The number of nitrogens with two attached hydrogens (primary N) is 1. The Bertz CT molecular complexity index is 747. The maximum Gasteiger partial charge on any atom is 0.349 e. The highest BCUT2D eigenvalue weighted by Gasteiger charge is 2.11. The van der Waals surface area contributed by atoms with E-state index in [1.807, 2.05) is 6.92 Å². The van der Waals surface area contributed by atoms with Crippen LogP contribution in [0, 0.1) is 0 Å². The first kappa shape index (κ1) is 14.8. The van der Waals surface area contributed by atoms with Crippen molar-refractivity contribution < 1.29 is 18.7 Å². The first-order valence-corrected chi connectivity index (χ1v) is 6.59. The molecule has 110 valence electrons. The summed E-state index contributed by atoms with van der Waals surface area (Å²) in [4.78, 5) is 34.2. The van der Waals surface area contributed by atoms with Crippen LogP contribution in [0.5, 0.6) is 5.75 Å². The normalized spacial score (nSPS) is 10.5. The summed E-state index contributed by atoms with van der Waals surface area (Å²) in [6.07, 6.45) is 1.99. The average molecular weight is 289 g/mol.